The largest absolute Gasteiger partial charge is 0.346 e. The van der Waals surface area contributed by atoms with E-state index in [1.165, 1.54) is 23.5 Å². The molecule has 1 saturated carbocycles. The molecular formula is C29H30FN9O9P2S2. The van der Waals surface area contributed by atoms with Gasteiger partial charge in [0, 0.05) is 17.5 Å². The zero-order chi connectivity index (χ0) is 36.4. The van der Waals surface area contributed by atoms with E-state index in [0.29, 0.717) is 23.5 Å². The minimum Gasteiger partial charge on any atom is -0.346 e. The number of hydrogen-bond acceptors (Lipinski definition) is 14. The third-order valence-corrected chi connectivity index (χ3v) is 12.4. The third-order valence-electron chi connectivity index (χ3n) is 9.26. The predicted molar refractivity (Wildman–Crippen MR) is 188 cm³/mol. The van der Waals surface area contributed by atoms with Crippen LogP contribution in [0.25, 0.3) is 22.3 Å². The van der Waals surface area contributed by atoms with Crippen molar-refractivity contribution in [2.75, 3.05) is 25.1 Å². The number of anilines is 1. The first-order valence-electron chi connectivity index (χ1n) is 15.9. The van der Waals surface area contributed by atoms with Gasteiger partial charge >= 0.3 is 13.4 Å². The highest BCUT2D eigenvalue weighted by Gasteiger charge is 2.51. The maximum absolute atomic E-state index is 16.4. The molecular weight excluding hydrogens is 763 g/mol. The Kier molecular flexibility index (Phi) is 9.40. The highest BCUT2D eigenvalue weighted by molar-refractivity contribution is 8.07. The van der Waals surface area contributed by atoms with Crippen LogP contribution in [0.4, 0.5) is 10.2 Å². The zero-order valence-electron chi connectivity index (χ0n) is 27.0. The molecule has 5 aromatic rings. The van der Waals surface area contributed by atoms with E-state index in [0.717, 1.165) is 0 Å². The summed E-state index contributed by atoms with van der Waals surface area (Å²) in [6.45, 7) is -7.05. The molecule has 3 fully saturated rings. The minimum atomic E-state index is -4.10. The molecule has 8 rings (SSSR count). The monoisotopic (exact) mass is 793 g/mol. The van der Waals surface area contributed by atoms with Crippen molar-refractivity contribution in [3.63, 3.8) is 0 Å². The molecule has 1 amide bonds. The van der Waals surface area contributed by atoms with E-state index in [2.05, 4.69) is 35.2 Å². The van der Waals surface area contributed by atoms with Crippen LogP contribution in [0.1, 0.15) is 34.9 Å². The van der Waals surface area contributed by atoms with E-state index in [-0.39, 0.29) is 59.1 Å². The Hall–Kier alpha value is -3.46. The normalized spacial score (nSPS) is 32.6. The first-order valence-corrected chi connectivity index (χ1v) is 21.1. The number of carbonyl (C=O) groups excluding carboxylic acids is 1. The molecule has 4 N–H and O–H groups in total. The van der Waals surface area contributed by atoms with Crippen LogP contribution in [0.2, 0.25) is 0 Å². The van der Waals surface area contributed by atoms with Crippen molar-refractivity contribution < 1.29 is 41.8 Å². The van der Waals surface area contributed by atoms with Crippen molar-refractivity contribution >= 4 is 71.1 Å². The van der Waals surface area contributed by atoms with Gasteiger partial charge in [0.1, 0.15) is 24.4 Å². The van der Waals surface area contributed by atoms with Gasteiger partial charge in [-0.25, -0.2) is 29.3 Å². The van der Waals surface area contributed by atoms with Gasteiger partial charge in [-0.05, 0) is 55.0 Å². The fourth-order valence-electron chi connectivity index (χ4n) is 6.65. The van der Waals surface area contributed by atoms with E-state index in [1.54, 1.807) is 41.8 Å². The van der Waals surface area contributed by atoms with Crippen LogP contribution in [-0.4, -0.2) is 92.9 Å². The molecule has 1 aliphatic carbocycles. The second-order valence-electron chi connectivity index (χ2n) is 12.5. The molecule has 4 aromatic heterocycles. The van der Waals surface area contributed by atoms with Crippen molar-refractivity contribution in [3.8, 4) is 0 Å². The molecule has 3 aliphatic rings. The molecule has 1 aromatic carbocycles. The number of rotatable bonds is 4. The molecule has 52 heavy (non-hydrogen) atoms. The Balaban J connectivity index is 1.02. The Morgan fingerprint density at radius 3 is 2.52 bits per heavy atom. The third kappa shape index (κ3) is 6.75. The summed E-state index contributed by atoms with van der Waals surface area (Å²) < 4.78 is 48.4. The van der Waals surface area contributed by atoms with Crippen LogP contribution in [0.5, 0.6) is 0 Å². The lowest BCUT2D eigenvalue weighted by atomic mass is 9.70. The van der Waals surface area contributed by atoms with Crippen molar-refractivity contribution in [1.29, 1.82) is 0 Å². The van der Waals surface area contributed by atoms with Gasteiger partial charge in [0.2, 0.25) is 0 Å². The highest BCUT2D eigenvalue weighted by Crippen LogP contribution is 2.55. The minimum absolute atomic E-state index is 0.0864. The van der Waals surface area contributed by atoms with E-state index >= 15 is 4.39 Å². The number of carbonyl (C=O) groups is 1. The highest BCUT2D eigenvalue weighted by atomic mass is 32.5. The molecule has 9 atom stereocenters. The number of ether oxygens (including phenoxy) is 1. The van der Waals surface area contributed by atoms with Gasteiger partial charge in [0.15, 0.2) is 40.5 Å². The average Bonchev–Trinajstić information content (AvgIpc) is 3.79. The maximum atomic E-state index is 16.4. The van der Waals surface area contributed by atoms with Crippen LogP contribution in [0.15, 0.2) is 54.1 Å². The summed E-state index contributed by atoms with van der Waals surface area (Å²) in [6.07, 6.45) is -1.78. The Morgan fingerprint density at radius 1 is 0.981 bits per heavy atom. The summed E-state index contributed by atoms with van der Waals surface area (Å²) in [6, 6.07) is 8.19. The molecule has 23 heteroatoms. The average molecular weight is 794 g/mol. The molecule has 0 radical (unpaired) electrons. The van der Waals surface area contributed by atoms with E-state index in [1.807, 2.05) is 0 Å². The lowest BCUT2D eigenvalue weighted by molar-refractivity contribution is -0.0427. The quantitative estimate of drug-likeness (QED) is 0.192. The van der Waals surface area contributed by atoms with Crippen molar-refractivity contribution in [3.05, 3.63) is 71.1 Å². The second-order valence-corrected chi connectivity index (χ2v) is 18.1. The lowest BCUT2D eigenvalue weighted by Gasteiger charge is -2.45. The summed E-state index contributed by atoms with van der Waals surface area (Å²) in [7, 11) is 0. The van der Waals surface area contributed by atoms with Crippen LogP contribution in [0.3, 0.4) is 0 Å². The lowest BCUT2D eigenvalue weighted by Crippen LogP contribution is -2.43. The van der Waals surface area contributed by atoms with Gasteiger partial charge in [-0.3, -0.25) is 18.7 Å². The van der Waals surface area contributed by atoms with Crippen molar-refractivity contribution in [1.82, 2.24) is 39.0 Å². The first-order chi connectivity index (χ1) is 24.9. The maximum Gasteiger partial charge on any atom is 0.324 e. The van der Waals surface area contributed by atoms with Gasteiger partial charge in [0.05, 0.1) is 32.5 Å². The Bertz CT molecular complexity index is 2330. The number of nitrogens with one attached hydrogen (secondary N) is 2. The molecule has 2 aliphatic heterocycles. The summed E-state index contributed by atoms with van der Waals surface area (Å²) in [5, 5.41) is 2.69. The van der Waals surface area contributed by atoms with Crippen LogP contribution in [-0.2, 0) is 46.4 Å². The van der Waals surface area contributed by atoms with Gasteiger partial charge in [0.25, 0.3) is 11.5 Å². The standard InChI is InChI=1S/C29H30FN9O9P2S2/c1-14-35-26-22(28(41)36-14)34-12-38(26)18-7-16-8-44-50(43,52)48-23-19(10-46-49(42,51)45-9-17(16)18)47-29(20(23)30)39-13-33-21-24(31-11-32-25(21)39)37-27(40)15-5-3-2-4-6-15/h2-6,11-13,16-20,23,29H,7-10H2,1H3,(H,42,51)(H,43,52)(H,35,36,41)(H,31,32,37,40)/t16-,17-,18-,19-,20-,23-,29-,49?,50?/m1/s1. The molecule has 6 heterocycles. The number of hydrogen-bond donors (Lipinski definition) is 4. The summed E-state index contributed by atoms with van der Waals surface area (Å²) in [5.41, 5.74) is 0.843. The SMILES string of the molecule is Cc1nc2c(ncn2[C@@H]2C[C@@H]3COP(O)(=S)O[C@H]4[C@@H](F)[C@H](n5cnc6c(NC(=O)c7ccccc7)ncnc65)O[C@@H]4COP(O)(=S)OC[C@H]32)c(=O)[nH]1. The Morgan fingerprint density at radius 2 is 1.71 bits per heavy atom. The number of amides is 1. The van der Waals surface area contributed by atoms with E-state index in [9.17, 15) is 19.4 Å². The number of aromatic amines is 1. The number of halogens is 1. The van der Waals surface area contributed by atoms with Crippen molar-refractivity contribution in [2.45, 2.75) is 44.0 Å². The number of alkyl halides is 1. The fraction of sp³-hybridized carbons (Fsp3) is 0.414. The number of imidazole rings is 2. The molecule has 2 unspecified atom stereocenters. The van der Waals surface area contributed by atoms with Crippen LogP contribution >= 0.6 is 13.4 Å². The van der Waals surface area contributed by atoms with Gasteiger partial charge in [-0.2, -0.15) is 0 Å². The van der Waals surface area contributed by atoms with Crippen LogP contribution in [0, 0.1) is 18.8 Å². The van der Waals surface area contributed by atoms with E-state index < -0.39 is 50.6 Å². The smallest absolute Gasteiger partial charge is 0.324 e. The zero-order valence-corrected chi connectivity index (χ0v) is 30.4. The number of aryl methyl sites for hydroxylation is 1. The molecule has 274 valence electrons. The molecule has 18 nitrogen and oxygen atoms in total. The van der Waals surface area contributed by atoms with Crippen molar-refractivity contribution in [2.24, 2.45) is 11.8 Å². The number of fused-ring (bicyclic) bond motifs is 4. The number of H-pyrrole nitrogens is 1. The topological polar surface area (TPSA) is 223 Å². The molecule has 0 spiro atoms. The Labute approximate surface area is 303 Å². The fourth-order valence-corrected chi connectivity index (χ4v) is 9.27. The predicted octanol–water partition coefficient (Wildman–Crippen LogP) is 2.82. The first kappa shape index (κ1) is 35.6. The summed E-state index contributed by atoms with van der Waals surface area (Å²) >= 11 is 10.6. The van der Waals surface area contributed by atoms with Gasteiger partial charge in [-0.15, -0.1) is 0 Å². The summed E-state index contributed by atoms with van der Waals surface area (Å²) in [4.78, 5) is 71.4. The number of aromatic nitrogens is 8. The number of benzene rings is 1. The van der Waals surface area contributed by atoms with Gasteiger partial charge in [-0.1, -0.05) is 18.2 Å². The van der Waals surface area contributed by atoms with Crippen LogP contribution < -0.4 is 10.9 Å². The number of nitrogens with zero attached hydrogens (tertiary/aromatic N) is 7. The van der Waals surface area contributed by atoms with E-state index in [4.69, 9.17) is 46.4 Å². The molecule has 0 bridgehead atoms. The second kappa shape index (κ2) is 13.7. The summed E-state index contributed by atoms with van der Waals surface area (Å²) in [5.74, 6) is -0.580. The molecule has 2 saturated heterocycles. The van der Waals surface area contributed by atoms with Gasteiger partial charge < -0.3 is 43.0 Å².